The molecule has 2 rings (SSSR count). The Morgan fingerprint density at radius 3 is 3.00 bits per heavy atom. The summed E-state index contributed by atoms with van der Waals surface area (Å²) in [5, 5.41) is 23.3. The molecule has 1 aromatic rings. The second-order valence-corrected chi connectivity index (χ2v) is 6.94. The van der Waals surface area contributed by atoms with E-state index in [2.05, 4.69) is 27.4 Å². The van der Waals surface area contributed by atoms with Gasteiger partial charge in [-0.25, -0.2) is 0 Å². The summed E-state index contributed by atoms with van der Waals surface area (Å²) in [4.78, 5) is 3.04. The Balaban J connectivity index is 1.94. The molecule has 1 unspecified atom stereocenters. The Hall–Kier alpha value is -1.75. The van der Waals surface area contributed by atoms with Crippen molar-refractivity contribution in [1.82, 2.24) is 20.8 Å². The van der Waals surface area contributed by atoms with Crippen LogP contribution in [0.15, 0.2) is 27.3 Å². The lowest BCUT2D eigenvalue weighted by Crippen LogP contribution is -2.39. The lowest BCUT2D eigenvalue weighted by Gasteiger charge is -2.28. The predicted molar refractivity (Wildman–Crippen MR) is 102 cm³/mol. The van der Waals surface area contributed by atoms with E-state index in [0.717, 1.165) is 23.6 Å². The zero-order valence-electron chi connectivity index (χ0n) is 15.5. The predicted octanol–water partition coefficient (Wildman–Crippen LogP) is 0.879. The monoisotopic (exact) mass is 384 g/mol. The summed E-state index contributed by atoms with van der Waals surface area (Å²) >= 11 is 1.58. The fourth-order valence-electron chi connectivity index (χ4n) is 2.37. The van der Waals surface area contributed by atoms with Gasteiger partial charge in [0.1, 0.15) is 6.10 Å². The van der Waals surface area contributed by atoms with Crippen molar-refractivity contribution < 1.29 is 14.3 Å². The topological polar surface area (TPSA) is 122 Å². The average molecular weight is 385 g/mol. The zero-order valence-corrected chi connectivity index (χ0v) is 16.3. The van der Waals surface area contributed by atoms with Crippen LogP contribution in [0, 0.1) is 0 Å². The van der Waals surface area contributed by atoms with E-state index in [1.807, 2.05) is 18.7 Å². The first-order valence-electron chi connectivity index (χ1n) is 8.54. The van der Waals surface area contributed by atoms with Gasteiger partial charge in [-0.15, -0.1) is 16.9 Å². The van der Waals surface area contributed by atoms with Crippen molar-refractivity contribution in [2.75, 3.05) is 37.4 Å². The van der Waals surface area contributed by atoms with Gasteiger partial charge in [0, 0.05) is 41.6 Å². The quantitative estimate of drug-likeness (QED) is 0.432. The lowest BCUT2D eigenvalue weighted by atomic mass is 10.2. The van der Waals surface area contributed by atoms with Crippen molar-refractivity contribution >= 4 is 17.8 Å². The van der Waals surface area contributed by atoms with E-state index in [1.54, 1.807) is 18.8 Å². The van der Waals surface area contributed by atoms with Crippen LogP contribution >= 0.6 is 11.8 Å². The fourth-order valence-corrected chi connectivity index (χ4v) is 3.34. The number of hydrogen-bond acceptors (Lipinski definition) is 10. The Kier molecular flexibility index (Phi) is 7.76. The third-order valence-electron chi connectivity index (χ3n) is 3.84. The van der Waals surface area contributed by atoms with E-state index in [1.165, 1.54) is 0 Å². The Morgan fingerprint density at radius 2 is 2.31 bits per heavy atom. The molecule has 0 aliphatic carbocycles. The molecule has 5 N–H and O–H groups in total. The highest BCUT2D eigenvalue weighted by molar-refractivity contribution is 8.03. The molecule has 0 saturated carbocycles. The van der Waals surface area contributed by atoms with Crippen LogP contribution in [-0.4, -0.2) is 54.2 Å². The van der Waals surface area contributed by atoms with Gasteiger partial charge in [-0.1, -0.05) is 11.7 Å². The molecule has 1 aliphatic rings. The first-order valence-corrected chi connectivity index (χ1v) is 9.53. The fraction of sp³-hybridized carbons (Fsp3) is 0.625. The molecule has 9 nitrogen and oxygen atoms in total. The summed E-state index contributed by atoms with van der Waals surface area (Å²) in [6, 6.07) is 0.472. The van der Waals surface area contributed by atoms with Gasteiger partial charge in [-0.05, 0) is 20.9 Å². The van der Waals surface area contributed by atoms with Crippen LogP contribution in [0.25, 0.3) is 0 Å². The summed E-state index contributed by atoms with van der Waals surface area (Å²) in [7, 11) is 1.66. The van der Waals surface area contributed by atoms with Gasteiger partial charge in [-0.3, -0.25) is 5.32 Å². The summed E-state index contributed by atoms with van der Waals surface area (Å²) in [6.45, 7) is 9.62. The minimum atomic E-state index is -0.818. The zero-order chi connectivity index (χ0) is 19.1. The van der Waals surface area contributed by atoms with Gasteiger partial charge >= 0.3 is 6.01 Å². The van der Waals surface area contributed by atoms with E-state index in [-0.39, 0.29) is 6.10 Å². The van der Waals surface area contributed by atoms with Crippen LogP contribution in [0.2, 0.25) is 0 Å². The molecular formula is C16H28N6O3S. The number of nitrogens with one attached hydrogen (secondary N) is 2. The van der Waals surface area contributed by atoms with Crippen LogP contribution < -0.4 is 21.3 Å². The second-order valence-electron chi connectivity index (χ2n) is 5.87. The molecule has 0 aromatic carbocycles. The largest absolute Gasteiger partial charge is 0.405 e. The number of anilines is 1. The highest BCUT2D eigenvalue weighted by Gasteiger charge is 2.23. The van der Waals surface area contributed by atoms with Gasteiger partial charge in [-0.2, -0.15) is 0 Å². The molecular weight excluding hydrogens is 356 g/mol. The standard InChI is InChI=1S/C16H28N6O3S/c1-5-24-11(3)14-20-21-16(25-14)22-7-6-12(17)13(8-22)26-9-10(2)19-15(23)18-4/h11,15,18-19,23H,2,5-9,17H2,1,3-4H3/t11-,15?/m1/s1. The minimum absolute atomic E-state index is 0.228. The first kappa shape index (κ1) is 20.6. The van der Waals surface area contributed by atoms with E-state index >= 15 is 0 Å². The molecule has 0 saturated heterocycles. The Bertz CT molecular complexity index is 635. The van der Waals surface area contributed by atoms with E-state index in [0.29, 0.717) is 36.5 Å². The van der Waals surface area contributed by atoms with Gasteiger partial charge in [0.15, 0.2) is 6.35 Å². The number of nitrogens with zero attached hydrogens (tertiary/aromatic N) is 3. The van der Waals surface area contributed by atoms with Crippen molar-refractivity contribution in [2.24, 2.45) is 5.73 Å². The third-order valence-corrected chi connectivity index (χ3v) is 5.08. The normalized spacial score (nSPS) is 17.3. The maximum atomic E-state index is 9.52. The summed E-state index contributed by atoms with van der Waals surface area (Å²) in [5.74, 6) is 1.07. The van der Waals surface area contributed by atoms with Crippen LogP contribution in [0.4, 0.5) is 6.01 Å². The summed E-state index contributed by atoms with van der Waals surface area (Å²) < 4.78 is 11.2. The number of thioether (sulfide) groups is 1. The van der Waals surface area contributed by atoms with Gasteiger partial charge in [0.05, 0.1) is 6.54 Å². The number of hydrogen-bond donors (Lipinski definition) is 4. The maximum Gasteiger partial charge on any atom is 0.318 e. The average Bonchev–Trinajstić information content (AvgIpc) is 3.11. The van der Waals surface area contributed by atoms with E-state index in [4.69, 9.17) is 14.9 Å². The van der Waals surface area contributed by atoms with Crippen molar-refractivity contribution in [2.45, 2.75) is 32.7 Å². The lowest BCUT2D eigenvalue weighted by molar-refractivity contribution is 0.0566. The van der Waals surface area contributed by atoms with Gasteiger partial charge < -0.3 is 30.2 Å². The molecule has 26 heavy (non-hydrogen) atoms. The Morgan fingerprint density at radius 1 is 1.54 bits per heavy atom. The van der Waals surface area contributed by atoms with Crippen LogP contribution in [0.5, 0.6) is 0 Å². The van der Waals surface area contributed by atoms with Crippen LogP contribution in [0.3, 0.4) is 0 Å². The molecule has 0 bridgehead atoms. The number of aromatic nitrogens is 2. The van der Waals surface area contributed by atoms with Crippen molar-refractivity contribution in [3.8, 4) is 0 Å². The third kappa shape index (κ3) is 5.63. The van der Waals surface area contributed by atoms with Crippen molar-refractivity contribution in [3.05, 3.63) is 28.8 Å². The molecule has 0 radical (unpaired) electrons. The molecule has 1 aliphatic heterocycles. The molecule has 2 atom stereocenters. The smallest absolute Gasteiger partial charge is 0.318 e. The van der Waals surface area contributed by atoms with Crippen molar-refractivity contribution in [3.63, 3.8) is 0 Å². The second kappa shape index (κ2) is 9.81. The maximum absolute atomic E-state index is 9.52. The minimum Gasteiger partial charge on any atom is -0.405 e. The number of aliphatic hydroxyl groups is 1. The van der Waals surface area contributed by atoms with Crippen LogP contribution in [0.1, 0.15) is 32.3 Å². The van der Waals surface area contributed by atoms with Gasteiger partial charge in [0.25, 0.3) is 0 Å². The summed E-state index contributed by atoms with van der Waals surface area (Å²) in [5.41, 5.74) is 7.72. The number of ether oxygens (including phenoxy) is 1. The van der Waals surface area contributed by atoms with E-state index < -0.39 is 6.35 Å². The highest BCUT2D eigenvalue weighted by Crippen LogP contribution is 2.29. The summed E-state index contributed by atoms with van der Waals surface area (Å²) in [6.07, 6.45) is -0.324. The SMILES string of the molecule is C=C(CSC1=C(N)CCN(c2nnc([C@@H](C)OCC)o2)C1)NC(O)NC. The van der Waals surface area contributed by atoms with Crippen molar-refractivity contribution in [1.29, 1.82) is 0 Å². The molecule has 0 spiro atoms. The molecule has 146 valence electrons. The molecule has 1 aromatic heterocycles. The van der Waals surface area contributed by atoms with Gasteiger partial charge in [0.2, 0.25) is 5.89 Å². The molecule has 10 heteroatoms. The number of aliphatic hydroxyl groups excluding tert-OH is 1. The van der Waals surface area contributed by atoms with E-state index in [9.17, 15) is 5.11 Å². The molecule has 0 fully saturated rings. The first-order chi connectivity index (χ1) is 12.4. The number of rotatable bonds is 10. The highest BCUT2D eigenvalue weighted by atomic mass is 32.2. The number of nitrogens with two attached hydrogens (primary N) is 1. The molecule has 0 amide bonds. The Labute approximate surface area is 158 Å². The molecule has 2 heterocycles. The van der Waals surface area contributed by atoms with Crippen LogP contribution in [-0.2, 0) is 4.74 Å².